The van der Waals surface area contributed by atoms with Crippen LogP contribution in [0.1, 0.15) is 38.1 Å². The van der Waals surface area contributed by atoms with Gasteiger partial charge >= 0.3 is 5.97 Å². The van der Waals surface area contributed by atoms with Gasteiger partial charge < -0.3 is 10.4 Å². The molecule has 1 aromatic heterocycles. The summed E-state index contributed by atoms with van der Waals surface area (Å²) in [5.41, 5.74) is 0.256. The highest BCUT2D eigenvalue weighted by atomic mass is 16.4. The SMILES string of the molecule is CC(Nc1ncccc1C(=O)O)C(C)(C)C. The van der Waals surface area contributed by atoms with Crippen LogP contribution < -0.4 is 5.32 Å². The van der Waals surface area contributed by atoms with Crippen LogP contribution in [-0.2, 0) is 0 Å². The molecule has 0 saturated carbocycles. The molecule has 0 aliphatic rings. The Morgan fingerprint density at radius 2 is 2.12 bits per heavy atom. The number of carboxylic acid groups (broad SMARTS) is 1. The van der Waals surface area contributed by atoms with Gasteiger partial charge in [-0.3, -0.25) is 0 Å². The van der Waals surface area contributed by atoms with E-state index in [1.807, 2.05) is 6.92 Å². The highest BCUT2D eigenvalue weighted by Crippen LogP contribution is 2.23. The lowest BCUT2D eigenvalue weighted by molar-refractivity contribution is 0.0697. The average Bonchev–Trinajstić information content (AvgIpc) is 2.16. The summed E-state index contributed by atoms with van der Waals surface area (Å²) >= 11 is 0. The topological polar surface area (TPSA) is 62.2 Å². The van der Waals surface area contributed by atoms with E-state index in [4.69, 9.17) is 5.11 Å². The molecule has 88 valence electrons. The Kier molecular flexibility index (Phi) is 3.52. The van der Waals surface area contributed by atoms with Gasteiger partial charge in [-0.1, -0.05) is 20.8 Å². The van der Waals surface area contributed by atoms with Crippen molar-refractivity contribution in [1.29, 1.82) is 0 Å². The average molecular weight is 222 g/mol. The van der Waals surface area contributed by atoms with Gasteiger partial charge in [0, 0.05) is 12.2 Å². The summed E-state index contributed by atoms with van der Waals surface area (Å²) in [6.45, 7) is 8.29. The molecule has 1 aromatic rings. The zero-order valence-electron chi connectivity index (χ0n) is 10.1. The van der Waals surface area contributed by atoms with Crippen LogP contribution in [0.5, 0.6) is 0 Å². The first-order chi connectivity index (χ1) is 7.32. The third kappa shape index (κ3) is 2.95. The monoisotopic (exact) mass is 222 g/mol. The van der Waals surface area contributed by atoms with Crippen molar-refractivity contribution in [1.82, 2.24) is 4.98 Å². The van der Waals surface area contributed by atoms with Gasteiger partial charge in [0.15, 0.2) is 0 Å². The highest BCUT2D eigenvalue weighted by Gasteiger charge is 2.22. The third-order valence-corrected chi connectivity index (χ3v) is 2.69. The first-order valence-corrected chi connectivity index (χ1v) is 5.27. The van der Waals surface area contributed by atoms with Gasteiger partial charge in [0.2, 0.25) is 0 Å². The number of hydrogen-bond donors (Lipinski definition) is 2. The second-order valence-electron chi connectivity index (χ2n) is 4.94. The van der Waals surface area contributed by atoms with Crippen LogP contribution in [-0.4, -0.2) is 22.1 Å². The number of nitrogens with one attached hydrogen (secondary N) is 1. The van der Waals surface area contributed by atoms with Crippen molar-refractivity contribution in [3.05, 3.63) is 23.9 Å². The molecule has 1 heterocycles. The van der Waals surface area contributed by atoms with Crippen LogP contribution in [0.3, 0.4) is 0 Å². The molecule has 0 aromatic carbocycles. The molecule has 0 aliphatic heterocycles. The molecule has 0 spiro atoms. The van der Waals surface area contributed by atoms with Gasteiger partial charge in [0.1, 0.15) is 11.4 Å². The Morgan fingerprint density at radius 1 is 1.50 bits per heavy atom. The zero-order chi connectivity index (χ0) is 12.3. The smallest absolute Gasteiger partial charge is 0.339 e. The summed E-state index contributed by atoms with van der Waals surface area (Å²) in [7, 11) is 0. The second-order valence-corrected chi connectivity index (χ2v) is 4.94. The van der Waals surface area contributed by atoms with Crippen LogP contribution in [0.15, 0.2) is 18.3 Å². The second kappa shape index (κ2) is 4.51. The maximum atomic E-state index is 11.0. The fourth-order valence-electron chi connectivity index (χ4n) is 1.11. The van der Waals surface area contributed by atoms with E-state index in [1.165, 1.54) is 0 Å². The molecule has 2 N–H and O–H groups in total. The molecular weight excluding hydrogens is 204 g/mol. The van der Waals surface area contributed by atoms with E-state index in [1.54, 1.807) is 18.3 Å². The number of carboxylic acids is 1. The van der Waals surface area contributed by atoms with Gasteiger partial charge in [0.25, 0.3) is 0 Å². The normalized spacial score (nSPS) is 13.2. The number of carbonyl (C=O) groups is 1. The highest BCUT2D eigenvalue weighted by molar-refractivity contribution is 5.93. The van der Waals surface area contributed by atoms with Crippen molar-refractivity contribution in [2.45, 2.75) is 33.7 Å². The number of aromatic nitrogens is 1. The predicted molar refractivity (Wildman–Crippen MR) is 63.7 cm³/mol. The van der Waals surface area contributed by atoms with Crippen molar-refractivity contribution in [2.75, 3.05) is 5.32 Å². The van der Waals surface area contributed by atoms with E-state index in [2.05, 4.69) is 31.1 Å². The fourth-order valence-corrected chi connectivity index (χ4v) is 1.11. The number of pyridine rings is 1. The van der Waals surface area contributed by atoms with E-state index in [9.17, 15) is 4.79 Å². The lowest BCUT2D eigenvalue weighted by Gasteiger charge is -2.28. The zero-order valence-corrected chi connectivity index (χ0v) is 10.1. The Bertz CT molecular complexity index is 383. The number of hydrogen-bond acceptors (Lipinski definition) is 3. The summed E-state index contributed by atoms with van der Waals surface area (Å²) in [4.78, 5) is 15.0. The van der Waals surface area contributed by atoms with Crippen LogP contribution in [0.25, 0.3) is 0 Å². The molecule has 1 unspecified atom stereocenters. The number of aromatic carboxylic acids is 1. The van der Waals surface area contributed by atoms with Crippen LogP contribution in [0.2, 0.25) is 0 Å². The van der Waals surface area contributed by atoms with Crippen molar-refractivity contribution < 1.29 is 9.90 Å². The summed E-state index contributed by atoms with van der Waals surface area (Å²) < 4.78 is 0. The predicted octanol–water partition coefficient (Wildman–Crippen LogP) is 2.63. The van der Waals surface area contributed by atoms with E-state index in [-0.39, 0.29) is 17.0 Å². The number of anilines is 1. The van der Waals surface area contributed by atoms with E-state index in [0.29, 0.717) is 5.82 Å². The first kappa shape index (κ1) is 12.5. The maximum Gasteiger partial charge on any atom is 0.339 e. The quantitative estimate of drug-likeness (QED) is 0.825. The van der Waals surface area contributed by atoms with Crippen molar-refractivity contribution in [3.63, 3.8) is 0 Å². The van der Waals surface area contributed by atoms with Crippen molar-refractivity contribution >= 4 is 11.8 Å². The minimum absolute atomic E-state index is 0.0489. The fraction of sp³-hybridized carbons (Fsp3) is 0.500. The largest absolute Gasteiger partial charge is 0.478 e. The van der Waals surface area contributed by atoms with Crippen LogP contribution in [0, 0.1) is 5.41 Å². The van der Waals surface area contributed by atoms with E-state index in [0.717, 1.165) is 0 Å². The molecule has 4 heteroatoms. The van der Waals surface area contributed by atoms with Gasteiger partial charge in [-0.2, -0.15) is 0 Å². The van der Waals surface area contributed by atoms with Gasteiger partial charge in [-0.05, 0) is 24.5 Å². The first-order valence-electron chi connectivity index (χ1n) is 5.27. The molecule has 1 atom stereocenters. The third-order valence-electron chi connectivity index (χ3n) is 2.69. The summed E-state index contributed by atoms with van der Waals surface area (Å²) in [5.74, 6) is -0.533. The van der Waals surface area contributed by atoms with Gasteiger partial charge in [-0.15, -0.1) is 0 Å². The van der Waals surface area contributed by atoms with Gasteiger partial charge in [0.05, 0.1) is 0 Å². The standard InChI is InChI=1S/C12H18N2O2/c1-8(12(2,3)4)14-10-9(11(15)16)6-5-7-13-10/h5-8H,1-4H3,(H,13,14)(H,15,16). The van der Waals surface area contributed by atoms with E-state index >= 15 is 0 Å². The molecule has 0 bridgehead atoms. The summed E-state index contributed by atoms with van der Waals surface area (Å²) in [6, 6.07) is 3.31. The number of rotatable bonds is 3. The molecule has 0 fully saturated rings. The Hall–Kier alpha value is -1.58. The minimum Gasteiger partial charge on any atom is -0.478 e. The van der Waals surface area contributed by atoms with Crippen molar-refractivity contribution in [2.24, 2.45) is 5.41 Å². The molecule has 0 amide bonds. The maximum absolute atomic E-state index is 11.0. The Labute approximate surface area is 95.7 Å². The van der Waals surface area contributed by atoms with Gasteiger partial charge in [-0.25, -0.2) is 9.78 Å². The Morgan fingerprint density at radius 3 is 2.62 bits per heavy atom. The lowest BCUT2D eigenvalue weighted by Crippen LogP contribution is -2.31. The van der Waals surface area contributed by atoms with Crippen LogP contribution in [0.4, 0.5) is 5.82 Å². The minimum atomic E-state index is -0.961. The van der Waals surface area contributed by atoms with Crippen LogP contribution >= 0.6 is 0 Å². The molecule has 0 aliphatic carbocycles. The molecule has 4 nitrogen and oxygen atoms in total. The van der Waals surface area contributed by atoms with Crippen molar-refractivity contribution in [3.8, 4) is 0 Å². The molecular formula is C12H18N2O2. The van der Waals surface area contributed by atoms with E-state index < -0.39 is 5.97 Å². The number of nitrogens with zero attached hydrogens (tertiary/aromatic N) is 1. The lowest BCUT2D eigenvalue weighted by atomic mass is 9.88. The summed E-state index contributed by atoms with van der Waals surface area (Å²) in [6.07, 6.45) is 1.59. The molecule has 1 rings (SSSR count). The molecule has 0 saturated heterocycles. The summed E-state index contributed by atoms with van der Waals surface area (Å²) in [5, 5.41) is 12.1. The molecule has 0 radical (unpaired) electrons. The Balaban J connectivity index is 2.93. The molecule has 16 heavy (non-hydrogen) atoms.